The van der Waals surface area contributed by atoms with Crippen LogP contribution in [0.2, 0.25) is 0 Å². The van der Waals surface area contributed by atoms with E-state index in [-0.39, 0.29) is 11.9 Å². The molecule has 1 saturated heterocycles. The molecule has 1 atom stereocenters. The molecule has 2 heterocycles. The Labute approximate surface area is 148 Å². The standard InChI is InChI=1S/C19H26N4O2/c1-13(2)18-16(19(25-4)22(3)21-18)11-20-14-10-17(24)23(12-14)15-8-6-5-7-9-15/h5-9,13-14,20H,10-12H2,1-4H3/t14-/m1/s1. The van der Waals surface area contributed by atoms with Gasteiger partial charge in [0.05, 0.1) is 18.4 Å². The number of hydrogen-bond donors (Lipinski definition) is 1. The largest absolute Gasteiger partial charge is 0.481 e. The first-order valence-corrected chi connectivity index (χ1v) is 8.69. The van der Waals surface area contributed by atoms with Crippen LogP contribution in [0.5, 0.6) is 5.88 Å². The Morgan fingerprint density at radius 2 is 2.04 bits per heavy atom. The van der Waals surface area contributed by atoms with Crippen molar-refractivity contribution < 1.29 is 9.53 Å². The molecule has 2 aromatic rings. The number of hydrogen-bond acceptors (Lipinski definition) is 4. The lowest BCUT2D eigenvalue weighted by atomic mass is 10.1. The first-order valence-electron chi connectivity index (χ1n) is 8.69. The van der Waals surface area contributed by atoms with Crippen molar-refractivity contribution in [2.24, 2.45) is 7.05 Å². The Balaban J connectivity index is 1.70. The molecule has 1 N–H and O–H groups in total. The molecule has 0 bridgehead atoms. The highest BCUT2D eigenvalue weighted by Crippen LogP contribution is 2.28. The van der Waals surface area contributed by atoms with Gasteiger partial charge < -0.3 is 15.0 Å². The third-order valence-corrected chi connectivity index (χ3v) is 4.62. The van der Waals surface area contributed by atoms with Crippen LogP contribution in [0.3, 0.4) is 0 Å². The zero-order chi connectivity index (χ0) is 18.0. The number of methoxy groups -OCH3 is 1. The number of ether oxygens (including phenoxy) is 1. The minimum absolute atomic E-state index is 0.123. The number of amides is 1. The van der Waals surface area contributed by atoms with E-state index in [1.807, 2.05) is 42.3 Å². The Kier molecular flexibility index (Phi) is 5.08. The maximum atomic E-state index is 12.3. The number of anilines is 1. The lowest BCUT2D eigenvalue weighted by Gasteiger charge is -2.17. The lowest BCUT2D eigenvalue weighted by molar-refractivity contribution is -0.117. The number of nitrogens with zero attached hydrogens (tertiary/aromatic N) is 3. The lowest BCUT2D eigenvalue weighted by Crippen LogP contribution is -2.32. The van der Waals surface area contributed by atoms with Crippen molar-refractivity contribution in [3.05, 3.63) is 41.6 Å². The summed E-state index contributed by atoms with van der Waals surface area (Å²) in [5.41, 5.74) is 3.07. The highest BCUT2D eigenvalue weighted by molar-refractivity contribution is 5.96. The van der Waals surface area contributed by atoms with Gasteiger partial charge in [-0.2, -0.15) is 5.10 Å². The van der Waals surface area contributed by atoms with Crippen molar-refractivity contribution in [1.82, 2.24) is 15.1 Å². The highest BCUT2D eigenvalue weighted by atomic mass is 16.5. The second kappa shape index (κ2) is 7.27. The Morgan fingerprint density at radius 3 is 2.68 bits per heavy atom. The Hall–Kier alpha value is -2.34. The van der Waals surface area contributed by atoms with Crippen molar-refractivity contribution >= 4 is 11.6 Å². The van der Waals surface area contributed by atoms with Gasteiger partial charge in [-0.25, -0.2) is 4.68 Å². The number of aryl methyl sites for hydroxylation is 1. The van der Waals surface area contributed by atoms with Crippen LogP contribution in [-0.4, -0.2) is 35.4 Å². The molecule has 6 heteroatoms. The minimum atomic E-state index is 0.123. The first kappa shape index (κ1) is 17.5. The molecule has 0 unspecified atom stereocenters. The molecule has 0 radical (unpaired) electrons. The fraction of sp³-hybridized carbons (Fsp3) is 0.474. The van der Waals surface area contributed by atoms with Gasteiger partial charge in [0.15, 0.2) is 0 Å². The van der Waals surface area contributed by atoms with Gasteiger partial charge >= 0.3 is 0 Å². The third kappa shape index (κ3) is 3.54. The van der Waals surface area contributed by atoms with Gasteiger partial charge in [-0.1, -0.05) is 32.0 Å². The maximum Gasteiger partial charge on any atom is 0.228 e. The van der Waals surface area contributed by atoms with Crippen molar-refractivity contribution in [2.75, 3.05) is 18.6 Å². The minimum Gasteiger partial charge on any atom is -0.481 e. The van der Waals surface area contributed by atoms with E-state index in [0.29, 0.717) is 25.4 Å². The van der Waals surface area contributed by atoms with Crippen LogP contribution >= 0.6 is 0 Å². The quantitative estimate of drug-likeness (QED) is 0.876. The molecule has 1 aliphatic heterocycles. The summed E-state index contributed by atoms with van der Waals surface area (Å²) >= 11 is 0. The summed E-state index contributed by atoms with van der Waals surface area (Å²) in [5, 5.41) is 8.09. The highest BCUT2D eigenvalue weighted by Gasteiger charge is 2.31. The normalized spacial score (nSPS) is 17.6. The predicted octanol–water partition coefficient (Wildman–Crippen LogP) is 2.45. The second-order valence-electron chi connectivity index (χ2n) is 6.77. The van der Waals surface area contributed by atoms with E-state index in [9.17, 15) is 4.79 Å². The average Bonchev–Trinajstić information content (AvgIpc) is 3.13. The summed E-state index contributed by atoms with van der Waals surface area (Å²) in [7, 11) is 3.56. The fourth-order valence-corrected chi connectivity index (χ4v) is 3.41. The molecule has 6 nitrogen and oxygen atoms in total. The predicted molar refractivity (Wildman–Crippen MR) is 97.9 cm³/mol. The number of benzene rings is 1. The second-order valence-corrected chi connectivity index (χ2v) is 6.77. The van der Waals surface area contributed by atoms with Gasteiger partial charge in [-0.3, -0.25) is 4.79 Å². The molecular weight excluding hydrogens is 316 g/mol. The van der Waals surface area contributed by atoms with Crippen LogP contribution in [0, 0.1) is 0 Å². The molecule has 1 fully saturated rings. The fourth-order valence-electron chi connectivity index (χ4n) is 3.41. The van der Waals surface area contributed by atoms with Crippen LogP contribution in [0.15, 0.2) is 30.3 Å². The maximum absolute atomic E-state index is 12.3. The van der Waals surface area contributed by atoms with Crippen LogP contribution in [0.25, 0.3) is 0 Å². The molecule has 134 valence electrons. The molecule has 25 heavy (non-hydrogen) atoms. The zero-order valence-electron chi connectivity index (χ0n) is 15.3. The molecule has 1 amide bonds. The van der Waals surface area contributed by atoms with Gasteiger partial charge in [-0.05, 0) is 18.1 Å². The number of aromatic nitrogens is 2. The van der Waals surface area contributed by atoms with Crippen molar-refractivity contribution in [3.8, 4) is 5.88 Å². The number of carbonyl (C=O) groups excluding carboxylic acids is 1. The van der Waals surface area contributed by atoms with Gasteiger partial charge in [0.25, 0.3) is 0 Å². The molecular formula is C19H26N4O2. The number of nitrogens with one attached hydrogen (secondary N) is 1. The molecule has 1 aromatic heterocycles. The van der Waals surface area contributed by atoms with Crippen molar-refractivity contribution in [3.63, 3.8) is 0 Å². The van der Waals surface area contributed by atoms with Crippen LogP contribution in [-0.2, 0) is 18.4 Å². The van der Waals surface area contributed by atoms with Crippen LogP contribution < -0.4 is 15.0 Å². The van der Waals surface area contributed by atoms with E-state index in [4.69, 9.17) is 4.74 Å². The van der Waals surface area contributed by atoms with E-state index in [1.54, 1.807) is 11.8 Å². The topological polar surface area (TPSA) is 59.4 Å². The monoisotopic (exact) mass is 342 g/mol. The summed E-state index contributed by atoms with van der Waals surface area (Å²) in [5.74, 6) is 1.25. The van der Waals surface area contributed by atoms with Gasteiger partial charge in [0.1, 0.15) is 0 Å². The summed E-state index contributed by atoms with van der Waals surface area (Å²) < 4.78 is 7.30. The summed E-state index contributed by atoms with van der Waals surface area (Å²) in [4.78, 5) is 14.2. The first-order chi connectivity index (χ1) is 12.0. The van der Waals surface area contributed by atoms with Crippen molar-refractivity contribution in [1.29, 1.82) is 0 Å². The molecule has 3 rings (SSSR count). The summed E-state index contributed by atoms with van der Waals surface area (Å²) in [6.07, 6.45) is 0.508. The number of carbonyl (C=O) groups is 1. The van der Waals surface area contributed by atoms with Gasteiger partial charge in [0, 0.05) is 38.3 Å². The zero-order valence-corrected chi connectivity index (χ0v) is 15.3. The molecule has 1 aliphatic rings. The van der Waals surface area contributed by atoms with E-state index in [2.05, 4.69) is 24.3 Å². The molecule has 0 spiro atoms. The number of para-hydroxylation sites is 1. The number of rotatable bonds is 6. The third-order valence-electron chi connectivity index (χ3n) is 4.62. The summed E-state index contributed by atoms with van der Waals surface area (Å²) in [6.45, 7) is 5.58. The van der Waals surface area contributed by atoms with E-state index < -0.39 is 0 Å². The van der Waals surface area contributed by atoms with E-state index >= 15 is 0 Å². The summed E-state index contributed by atoms with van der Waals surface area (Å²) in [6, 6.07) is 9.94. The van der Waals surface area contributed by atoms with Crippen LogP contribution in [0.1, 0.15) is 37.4 Å². The Bertz CT molecular complexity index is 739. The van der Waals surface area contributed by atoms with Crippen LogP contribution in [0.4, 0.5) is 5.69 Å². The van der Waals surface area contributed by atoms with Gasteiger partial charge in [-0.15, -0.1) is 0 Å². The van der Waals surface area contributed by atoms with Gasteiger partial charge in [0.2, 0.25) is 11.8 Å². The average molecular weight is 342 g/mol. The van der Waals surface area contributed by atoms with E-state index in [0.717, 1.165) is 22.8 Å². The Morgan fingerprint density at radius 1 is 1.32 bits per heavy atom. The van der Waals surface area contributed by atoms with E-state index in [1.165, 1.54) is 0 Å². The molecule has 0 aliphatic carbocycles. The smallest absolute Gasteiger partial charge is 0.228 e. The van der Waals surface area contributed by atoms with Crippen molar-refractivity contribution in [2.45, 2.75) is 38.8 Å². The molecule has 1 aromatic carbocycles. The SMILES string of the molecule is COc1c(CN[C@@H]2CC(=O)N(c3ccccc3)C2)c(C(C)C)nn1C. The molecule has 0 saturated carbocycles.